The number of amides is 1. The van der Waals surface area contributed by atoms with Gasteiger partial charge in [-0.05, 0) is 85.6 Å². The number of nitrogens with zero attached hydrogens (tertiary/aromatic N) is 7. The molecule has 268 valence electrons. The summed E-state index contributed by atoms with van der Waals surface area (Å²) in [7, 11) is 1.45. The third-order valence-corrected chi connectivity index (χ3v) is 9.37. The van der Waals surface area contributed by atoms with Gasteiger partial charge in [-0.25, -0.2) is 13.8 Å². The van der Waals surface area contributed by atoms with Crippen LogP contribution in [0.25, 0.3) is 10.9 Å². The summed E-state index contributed by atoms with van der Waals surface area (Å²) < 4.78 is 111. The molecule has 1 amide bonds. The number of anilines is 2. The van der Waals surface area contributed by atoms with Gasteiger partial charge in [0.05, 0.1) is 23.7 Å². The van der Waals surface area contributed by atoms with Crippen LogP contribution in [0.1, 0.15) is 67.7 Å². The van der Waals surface area contributed by atoms with E-state index in [2.05, 4.69) is 25.6 Å². The molecule has 1 N–H and O–H groups in total. The van der Waals surface area contributed by atoms with Gasteiger partial charge < -0.3 is 15.1 Å². The number of aryl methyl sites for hydroxylation is 1. The molecule has 1 saturated heterocycles. The SMILES string of the molecule is CC(=O)NC1CCC([C@H]2CCCN2c2nc3cc(F)c(F)cc3cc2CN(Cc2cc(C(F)(F)F)cc(C(F)(F)F)c2)c2nnn(C)n2)CC1. The highest BCUT2D eigenvalue weighted by atomic mass is 19.4. The Bertz CT molecular complexity index is 1840. The van der Waals surface area contributed by atoms with Gasteiger partial charge in [0, 0.05) is 55.7 Å². The van der Waals surface area contributed by atoms with Gasteiger partial charge in [0.15, 0.2) is 11.6 Å². The van der Waals surface area contributed by atoms with Gasteiger partial charge in [-0.15, -0.1) is 5.10 Å². The second-order valence-corrected chi connectivity index (χ2v) is 13.0. The first-order chi connectivity index (χ1) is 23.5. The Balaban J connectivity index is 1.40. The highest BCUT2D eigenvalue weighted by Crippen LogP contribution is 2.40. The smallest absolute Gasteiger partial charge is 0.354 e. The number of benzene rings is 2. The van der Waals surface area contributed by atoms with Crippen molar-refractivity contribution in [2.45, 2.75) is 83.0 Å². The molecule has 0 radical (unpaired) electrons. The minimum atomic E-state index is -5.05. The Morgan fingerprint density at radius 3 is 2.16 bits per heavy atom. The van der Waals surface area contributed by atoms with Crippen LogP contribution in [-0.2, 0) is 37.3 Å². The summed E-state index contributed by atoms with van der Waals surface area (Å²) in [6.45, 7) is 1.41. The molecule has 17 heteroatoms. The molecular formula is C33H34F8N8O. The number of carbonyl (C=O) groups excluding carboxylic acids is 1. The van der Waals surface area contributed by atoms with E-state index in [1.54, 1.807) is 6.07 Å². The Hall–Kier alpha value is -4.57. The number of nitrogens with one attached hydrogen (secondary N) is 1. The standard InChI is InChI=1S/C33H34F8N8O/c1-18(50)42-25-7-5-20(6-8-25)29-4-3-9-49(29)30-22(12-21-13-26(34)27(35)15-28(21)43-30)17-48(31-44-46-47(2)45-31)16-19-10-23(32(36,37)38)14-24(11-19)33(39,40)41/h10-15,20,25,29H,3-9,16-17H2,1-2H3,(H,42,50)/t20?,25?,29-/m1/s1. The fourth-order valence-corrected chi connectivity index (χ4v) is 7.18. The molecule has 2 fully saturated rings. The van der Waals surface area contributed by atoms with Gasteiger partial charge in [-0.2, -0.15) is 31.1 Å². The van der Waals surface area contributed by atoms with Crippen LogP contribution >= 0.6 is 0 Å². The fourth-order valence-electron chi connectivity index (χ4n) is 7.18. The summed E-state index contributed by atoms with van der Waals surface area (Å²) in [4.78, 5) is 21.0. The number of carbonyl (C=O) groups is 1. The first-order valence-corrected chi connectivity index (χ1v) is 16.1. The number of halogens is 8. The van der Waals surface area contributed by atoms with E-state index in [1.165, 1.54) is 18.9 Å². The number of rotatable bonds is 8. The largest absolute Gasteiger partial charge is 0.416 e. The molecule has 0 bridgehead atoms. The van der Waals surface area contributed by atoms with Gasteiger partial charge in [0.1, 0.15) is 5.82 Å². The van der Waals surface area contributed by atoms with Crippen LogP contribution in [0.2, 0.25) is 0 Å². The molecule has 2 aromatic carbocycles. The molecule has 9 nitrogen and oxygen atoms in total. The summed E-state index contributed by atoms with van der Waals surface area (Å²) in [5.41, 5.74) is -2.60. The first-order valence-electron chi connectivity index (χ1n) is 16.1. The Morgan fingerprint density at radius 2 is 1.56 bits per heavy atom. The third kappa shape index (κ3) is 7.75. The molecule has 1 aliphatic carbocycles. The van der Waals surface area contributed by atoms with Gasteiger partial charge in [-0.3, -0.25) is 4.79 Å². The van der Waals surface area contributed by atoms with E-state index in [4.69, 9.17) is 4.98 Å². The Morgan fingerprint density at radius 1 is 0.900 bits per heavy atom. The Labute approximate surface area is 281 Å². The summed E-state index contributed by atoms with van der Waals surface area (Å²) in [6.07, 6.45) is -5.21. The minimum Gasteiger partial charge on any atom is -0.354 e. The van der Waals surface area contributed by atoms with Gasteiger partial charge in [-0.1, -0.05) is 5.10 Å². The van der Waals surface area contributed by atoms with Crippen LogP contribution in [0.4, 0.5) is 46.9 Å². The van der Waals surface area contributed by atoms with Crippen molar-refractivity contribution in [3.8, 4) is 0 Å². The van der Waals surface area contributed by atoms with Gasteiger partial charge in [0.2, 0.25) is 5.91 Å². The highest BCUT2D eigenvalue weighted by Gasteiger charge is 2.38. The van der Waals surface area contributed by atoms with E-state index >= 15 is 0 Å². The molecule has 0 unspecified atom stereocenters. The zero-order valence-electron chi connectivity index (χ0n) is 27.1. The first kappa shape index (κ1) is 35.3. The highest BCUT2D eigenvalue weighted by molar-refractivity contribution is 5.82. The average molecular weight is 711 g/mol. The van der Waals surface area contributed by atoms with Crippen LogP contribution in [0.3, 0.4) is 0 Å². The third-order valence-electron chi connectivity index (χ3n) is 9.37. The van der Waals surface area contributed by atoms with Crippen LogP contribution in [0, 0.1) is 17.6 Å². The molecule has 6 rings (SSSR count). The predicted octanol–water partition coefficient (Wildman–Crippen LogP) is 6.94. The lowest BCUT2D eigenvalue weighted by Crippen LogP contribution is -2.42. The van der Waals surface area contributed by atoms with E-state index in [9.17, 15) is 39.9 Å². The van der Waals surface area contributed by atoms with E-state index in [0.29, 0.717) is 30.1 Å². The van der Waals surface area contributed by atoms with E-state index in [0.717, 1.165) is 55.5 Å². The van der Waals surface area contributed by atoms with Crippen molar-refractivity contribution >= 4 is 28.6 Å². The maximum absolute atomic E-state index is 14.4. The molecule has 2 aromatic heterocycles. The predicted molar refractivity (Wildman–Crippen MR) is 167 cm³/mol. The maximum atomic E-state index is 14.4. The number of tetrazole rings is 1. The second kappa shape index (κ2) is 13.6. The lowest BCUT2D eigenvalue weighted by Gasteiger charge is -2.38. The molecule has 1 saturated carbocycles. The number of pyridine rings is 1. The molecule has 0 spiro atoms. The fraction of sp³-hybridized carbons (Fsp3) is 0.485. The minimum absolute atomic E-state index is 0.0168. The molecular weight excluding hydrogens is 676 g/mol. The molecule has 50 heavy (non-hydrogen) atoms. The second-order valence-electron chi connectivity index (χ2n) is 13.0. The van der Waals surface area contributed by atoms with Crippen molar-refractivity contribution in [2.75, 3.05) is 16.3 Å². The molecule has 4 aromatic rings. The average Bonchev–Trinajstić information content (AvgIpc) is 3.70. The number of alkyl halides is 6. The lowest BCUT2D eigenvalue weighted by molar-refractivity contribution is -0.143. The van der Waals surface area contributed by atoms with Crippen molar-refractivity contribution in [3.05, 3.63) is 70.3 Å². The van der Waals surface area contributed by atoms with E-state index in [-0.39, 0.29) is 58.9 Å². The summed E-state index contributed by atoms with van der Waals surface area (Å²) >= 11 is 0. The van der Waals surface area contributed by atoms with E-state index in [1.807, 2.05) is 0 Å². The number of hydrogen-bond donors (Lipinski definition) is 1. The zero-order valence-corrected chi connectivity index (χ0v) is 27.1. The monoisotopic (exact) mass is 710 g/mol. The van der Waals surface area contributed by atoms with Crippen molar-refractivity contribution in [3.63, 3.8) is 0 Å². The molecule has 2 aliphatic rings. The number of hydrogen-bond acceptors (Lipinski definition) is 7. The molecule has 1 aliphatic heterocycles. The quantitative estimate of drug-likeness (QED) is 0.198. The molecule has 1 atom stereocenters. The number of fused-ring (bicyclic) bond motifs is 1. The van der Waals surface area contributed by atoms with Crippen molar-refractivity contribution in [2.24, 2.45) is 13.0 Å². The van der Waals surface area contributed by atoms with Crippen LogP contribution < -0.4 is 15.1 Å². The van der Waals surface area contributed by atoms with Crippen LogP contribution in [0.5, 0.6) is 0 Å². The lowest BCUT2D eigenvalue weighted by atomic mass is 9.80. The number of aromatic nitrogens is 5. The van der Waals surface area contributed by atoms with Crippen molar-refractivity contribution in [1.82, 2.24) is 30.5 Å². The summed E-state index contributed by atoms with van der Waals surface area (Å²) in [6, 6.07) is 5.02. The van der Waals surface area contributed by atoms with Crippen molar-refractivity contribution < 1.29 is 39.9 Å². The van der Waals surface area contributed by atoms with Crippen molar-refractivity contribution in [1.29, 1.82) is 0 Å². The van der Waals surface area contributed by atoms with E-state index < -0.39 is 41.7 Å². The maximum Gasteiger partial charge on any atom is 0.416 e. The topological polar surface area (TPSA) is 92.1 Å². The molecule has 3 heterocycles. The zero-order chi connectivity index (χ0) is 36.0. The van der Waals surface area contributed by atoms with Crippen LogP contribution in [-0.4, -0.2) is 49.7 Å². The van der Waals surface area contributed by atoms with Gasteiger partial charge in [0.25, 0.3) is 5.95 Å². The van der Waals surface area contributed by atoms with Crippen LogP contribution in [0.15, 0.2) is 36.4 Å². The van der Waals surface area contributed by atoms with Gasteiger partial charge >= 0.3 is 12.4 Å². The Kier molecular flexibility index (Phi) is 9.61. The summed E-state index contributed by atoms with van der Waals surface area (Å²) in [5, 5.41) is 15.2. The summed E-state index contributed by atoms with van der Waals surface area (Å²) in [5.74, 6) is -1.70. The normalized spacial score (nSPS) is 20.0.